The van der Waals surface area contributed by atoms with Crippen LogP contribution in [0.1, 0.15) is 15.9 Å². The van der Waals surface area contributed by atoms with Crippen LogP contribution in [0.15, 0.2) is 47.6 Å². The number of nitrogens with one attached hydrogen (secondary N) is 1. The summed E-state index contributed by atoms with van der Waals surface area (Å²) in [5.41, 5.74) is 4.87. The molecule has 0 bridgehead atoms. The second-order valence-electron chi connectivity index (χ2n) is 5.73. The number of anilines is 1. The lowest BCUT2D eigenvalue weighted by Gasteiger charge is -2.28. The fraction of sp³-hybridized carbons (Fsp3) is 0.263. The van der Waals surface area contributed by atoms with E-state index in [-0.39, 0.29) is 5.91 Å². The molecule has 6 nitrogen and oxygen atoms in total. The zero-order chi connectivity index (χ0) is 18.4. The monoisotopic (exact) mass is 373 g/mol. The summed E-state index contributed by atoms with van der Waals surface area (Å²) in [7, 11) is 1.50. The number of hydrazone groups is 1. The Morgan fingerprint density at radius 2 is 1.96 bits per heavy atom. The van der Waals surface area contributed by atoms with Crippen LogP contribution in [0.5, 0.6) is 5.75 Å². The van der Waals surface area contributed by atoms with Crippen molar-refractivity contribution < 1.29 is 14.3 Å². The van der Waals surface area contributed by atoms with Gasteiger partial charge < -0.3 is 14.4 Å². The number of methoxy groups -OCH3 is 1. The Labute approximate surface area is 157 Å². The van der Waals surface area contributed by atoms with Gasteiger partial charge in [-0.1, -0.05) is 23.7 Å². The van der Waals surface area contributed by atoms with Gasteiger partial charge in [0.25, 0.3) is 5.91 Å². The Kier molecular flexibility index (Phi) is 6.09. The zero-order valence-electron chi connectivity index (χ0n) is 14.4. The predicted octanol–water partition coefficient (Wildman–Crippen LogP) is 2.95. The molecular weight excluding hydrogens is 354 g/mol. The van der Waals surface area contributed by atoms with Gasteiger partial charge in [-0.2, -0.15) is 5.10 Å². The van der Waals surface area contributed by atoms with E-state index < -0.39 is 0 Å². The third kappa shape index (κ3) is 4.53. The number of morpholine rings is 1. The minimum absolute atomic E-state index is 0.333. The van der Waals surface area contributed by atoms with Gasteiger partial charge >= 0.3 is 0 Å². The van der Waals surface area contributed by atoms with Crippen molar-refractivity contribution in [3.63, 3.8) is 0 Å². The third-order valence-electron chi connectivity index (χ3n) is 4.06. The topological polar surface area (TPSA) is 63.2 Å². The van der Waals surface area contributed by atoms with Crippen LogP contribution < -0.4 is 15.1 Å². The van der Waals surface area contributed by atoms with Crippen molar-refractivity contribution in [2.45, 2.75) is 0 Å². The summed E-state index contributed by atoms with van der Waals surface area (Å²) >= 11 is 5.94. The van der Waals surface area contributed by atoms with Crippen LogP contribution in [0.2, 0.25) is 5.02 Å². The van der Waals surface area contributed by atoms with Gasteiger partial charge in [-0.15, -0.1) is 0 Å². The van der Waals surface area contributed by atoms with E-state index in [1.54, 1.807) is 24.4 Å². The first-order valence-corrected chi connectivity index (χ1v) is 8.65. The Bertz CT molecular complexity index is 787. The number of rotatable bonds is 5. The number of nitrogens with zero attached hydrogens (tertiary/aromatic N) is 2. The maximum Gasteiger partial charge on any atom is 0.275 e. The van der Waals surface area contributed by atoms with Crippen LogP contribution in [0.4, 0.5) is 5.69 Å². The number of ether oxygens (including phenoxy) is 2. The maximum atomic E-state index is 12.2. The molecule has 1 heterocycles. The van der Waals surface area contributed by atoms with Gasteiger partial charge in [0.05, 0.1) is 32.1 Å². The molecular formula is C19H20ClN3O3. The summed E-state index contributed by atoms with van der Waals surface area (Å²) in [5, 5.41) is 4.47. The molecule has 0 aromatic heterocycles. The van der Waals surface area contributed by atoms with Gasteiger partial charge in [-0.05, 0) is 35.9 Å². The largest absolute Gasteiger partial charge is 0.496 e. The summed E-state index contributed by atoms with van der Waals surface area (Å²) in [6.07, 6.45) is 1.60. The summed E-state index contributed by atoms with van der Waals surface area (Å²) in [4.78, 5) is 14.5. The van der Waals surface area contributed by atoms with Gasteiger partial charge in [0.1, 0.15) is 5.75 Å². The summed E-state index contributed by atoms with van der Waals surface area (Å²) in [6.45, 7) is 3.29. The predicted molar refractivity (Wildman–Crippen MR) is 103 cm³/mol. The molecule has 1 saturated heterocycles. The van der Waals surface area contributed by atoms with Crippen molar-refractivity contribution in [1.82, 2.24) is 5.43 Å². The first-order valence-electron chi connectivity index (χ1n) is 8.27. The van der Waals surface area contributed by atoms with Gasteiger partial charge in [0.2, 0.25) is 0 Å². The molecule has 1 aliphatic rings. The van der Waals surface area contributed by atoms with Crippen molar-refractivity contribution in [2.24, 2.45) is 5.10 Å². The highest BCUT2D eigenvalue weighted by Crippen LogP contribution is 2.22. The highest BCUT2D eigenvalue weighted by atomic mass is 35.5. The average molecular weight is 374 g/mol. The van der Waals surface area contributed by atoms with Crippen molar-refractivity contribution >= 4 is 29.4 Å². The fourth-order valence-corrected chi connectivity index (χ4v) is 2.85. The number of hydrogen-bond donors (Lipinski definition) is 1. The molecule has 0 spiro atoms. The van der Waals surface area contributed by atoms with E-state index in [1.165, 1.54) is 7.11 Å². The van der Waals surface area contributed by atoms with E-state index in [2.05, 4.69) is 15.4 Å². The average Bonchev–Trinajstić information content (AvgIpc) is 2.69. The number of amides is 1. The van der Waals surface area contributed by atoms with Crippen LogP contribution in [0.3, 0.4) is 0 Å². The van der Waals surface area contributed by atoms with Crippen LogP contribution in [0, 0.1) is 0 Å². The molecule has 2 aromatic carbocycles. The molecule has 136 valence electrons. The number of hydrogen-bond acceptors (Lipinski definition) is 5. The Balaban J connectivity index is 1.61. The molecule has 26 heavy (non-hydrogen) atoms. The third-order valence-corrected chi connectivity index (χ3v) is 4.29. The number of halogens is 1. The van der Waals surface area contributed by atoms with Gasteiger partial charge in [-0.3, -0.25) is 4.79 Å². The molecule has 0 radical (unpaired) electrons. The number of carbonyl (C=O) groups excluding carboxylic acids is 1. The summed E-state index contributed by atoms with van der Waals surface area (Å²) in [6, 6.07) is 12.8. The summed E-state index contributed by atoms with van der Waals surface area (Å²) < 4.78 is 10.5. The second kappa shape index (κ2) is 8.69. The Morgan fingerprint density at radius 1 is 1.23 bits per heavy atom. The Hall–Kier alpha value is -2.57. The van der Waals surface area contributed by atoms with Crippen LogP contribution in [0.25, 0.3) is 0 Å². The quantitative estimate of drug-likeness (QED) is 0.646. The lowest BCUT2D eigenvalue weighted by atomic mass is 10.2. The second-order valence-corrected chi connectivity index (χ2v) is 6.17. The molecule has 1 fully saturated rings. The molecule has 0 unspecified atom stereocenters. The number of carbonyl (C=O) groups is 1. The van der Waals surface area contributed by atoms with E-state index >= 15 is 0 Å². The van der Waals surface area contributed by atoms with E-state index in [1.807, 2.05) is 24.3 Å². The molecule has 0 saturated carbocycles. The highest BCUT2D eigenvalue weighted by Gasteiger charge is 2.12. The fourth-order valence-electron chi connectivity index (χ4n) is 2.68. The van der Waals surface area contributed by atoms with Crippen molar-refractivity contribution in [2.75, 3.05) is 38.3 Å². The van der Waals surface area contributed by atoms with E-state index in [0.717, 1.165) is 37.6 Å². The van der Waals surface area contributed by atoms with E-state index in [9.17, 15) is 4.79 Å². The van der Waals surface area contributed by atoms with Gasteiger partial charge in [0, 0.05) is 23.8 Å². The standard InChI is InChI=1S/C19H20ClN3O3/c1-25-18-7-4-15(20)12-17(18)19(24)22-21-13-14-2-5-16(6-3-14)23-8-10-26-11-9-23/h2-7,12-13H,8-11H2,1H3,(H,22,24). The molecule has 2 aromatic rings. The summed E-state index contributed by atoms with van der Waals surface area (Å²) in [5.74, 6) is 0.0579. The molecule has 3 rings (SSSR count). The smallest absolute Gasteiger partial charge is 0.275 e. The maximum absolute atomic E-state index is 12.2. The van der Waals surface area contributed by atoms with E-state index in [0.29, 0.717) is 16.3 Å². The van der Waals surface area contributed by atoms with E-state index in [4.69, 9.17) is 21.1 Å². The first-order chi connectivity index (χ1) is 12.7. The lowest BCUT2D eigenvalue weighted by molar-refractivity contribution is 0.0952. The van der Waals surface area contributed by atoms with Gasteiger partial charge in [-0.25, -0.2) is 5.43 Å². The van der Waals surface area contributed by atoms with Crippen LogP contribution in [-0.4, -0.2) is 45.5 Å². The van der Waals surface area contributed by atoms with Crippen molar-refractivity contribution in [3.05, 3.63) is 58.6 Å². The van der Waals surface area contributed by atoms with Crippen molar-refractivity contribution in [3.8, 4) is 5.75 Å². The first kappa shape index (κ1) is 18.2. The highest BCUT2D eigenvalue weighted by molar-refractivity contribution is 6.31. The molecule has 1 amide bonds. The molecule has 0 atom stereocenters. The molecule has 1 aliphatic heterocycles. The Morgan fingerprint density at radius 3 is 2.65 bits per heavy atom. The molecule has 0 aliphatic carbocycles. The van der Waals surface area contributed by atoms with Crippen LogP contribution >= 0.6 is 11.6 Å². The molecule has 7 heteroatoms. The normalized spacial score (nSPS) is 14.5. The zero-order valence-corrected chi connectivity index (χ0v) is 15.2. The SMILES string of the molecule is COc1ccc(Cl)cc1C(=O)NN=Cc1ccc(N2CCOCC2)cc1. The van der Waals surface area contributed by atoms with Crippen LogP contribution in [-0.2, 0) is 4.74 Å². The van der Waals surface area contributed by atoms with Crippen molar-refractivity contribution in [1.29, 1.82) is 0 Å². The van der Waals surface area contributed by atoms with Gasteiger partial charge in [0.15, 0.2) is 0 Å². The number of benzene rings is 2. The minimum Gasteiger partial charge on any atom is -0.496 e. The minimum atomic E-state index is -0.384. The lowest BCUT2D eigenvalue weighted by Crippen LogP contribution is -2.36. The molecule has 1 N–H and O–H groups in total.